The lowest BCUT2D eigenvalue weighted by molar-refractivity contribution is -0.142. The second kappa shape index (κ2) is 11.6. The molecule has 1 aliphatic rings. The smallest absolute Gasteiger partial charge is 0.408 e. The lowest BCUT2D eigenvalue weighted by Crippen LogP contribution is -2.58. The molecule has 8 heteroatoms. The molecule has 2 rings (SSSR count). The van der Waals surface area contributed by atoms with Crippen molar-refractivity contribution in [1.82, 2.24) is 15.5 Å². The summed E-state index contributed by atoms with van der Waals surface area (Å²) in [5.74, 6) is 1.77. The molecule has 0 spiro atoms. The van der Waals surface area contributed by atoms with Crippen LogP contribution in [0.4, 0.5) is 4.79 Å². The van der Waals surface area contributed by atoms with Crippen LogP contribution in [0.15, 0.2) is 24.3 Å². The van der Waals surface area contributed by atoms with Crippen LogP contribution in [0.25, 0.3) is 0 Å². The maximum Gasteiger partial charge on any atom is 0.408 e. The maximum absolute atomic E-state index is 13.7. The molecule has 0 unspecified atom stereocenters. The third kappa shape index (κ3) is 8.00. The number of rotatable bonds is 8. The average Bonchev–Trinajstić information content (AvgIpc) is 3.16. The predicted molar refractivity (Wildman–Crippen MR) is 134 cm³/mol. The van der Waals surface area contributed by atoms with Gasteiger partial charge in [-0.15, -0.1) is 6.42 Å². The van der Waals surface area contributed by atoms with Gasteiger partial charge in [0.05, 0.1) is 6.10 Å². The zero-order valence-corrected chi connectivity index (χ0v) is 21.7. The minimum atomic E-state index is -0.922. The van der Waals surface area contributed by atoms with Gasteiger partial charge in [-0.25, -0.2) is 4.79 Å². The van der Waals surface area contributed by atoms with E-state index >= 15 is 0 Å². The molecule has 3 amide bonds. The van der Waals surface area contributed by atoms with Crippen molar-refractivity contribution >= 4 is 17.9 Å². The van der Waals surface area contributed by atoms with Crippen LogP contribution in [-0.4, -0.2) is 58.2 Å². The fourth-order valence-corrected chi connectivity index (χ4v) is 4.30. The molecule has 1 aromatic rings. The standard InChI is InChI=1S/C27H39N3O5/c1-8-14-27(6,7)22(29-25(34)35-26(3,4)5)24(33)30-17-20(31)15-21(30)23(32)28-16-19-12-10-18(9-2)11-13-19/h2,10-13,20-22,31H,8,14-17H2,1,3-7H3,(H,28,32)(H,29,34)/t20-,21+,22+/m1/s1. The Morgan fingerprint density at radius 1 is 1.20 bits per heavy atom. The van der Waals surface area contributed by atoms with Crippen molar-refractivity contribution < 1.29 is 24.2 Å². The first-order chi connectivity index (χ1) is 16.3. The summed E-state index contributed by atoms with van der Waals surface area (Å²) in [5, 5.41) is 15.9. The van der Waals surface area contributed by atoms with Crippen LogP contribution in [-0.2, 0) is 20.9 Å². The number of nitrogens with one attached hydrogen (secondary N) is 2. The first kappa shape index (κ1) is 28.2. The summed E-state index contributed by atoms with van der Waals surface area (Å²) in [7, 11) is 0. The number of carbonyl (C=O) groups excluding carboxylic acids is 3. The van der Waals surface area contributed by atoms with Crippen LogP contribution in [0.5, 0.6) is 0 Å². The van der Waals surface area contributed by atoms with E-state index in [1.807, 2.05) is 32.9 Å². The highest BCUT2D eigenvalue weighted by Gasteiger charge is 2.45. The van der Waals surface area contributed by atoms with E-state index in [4.69, 9.17) is 11.2 Å². The summed E-state index contributed by atoms with van der Waals surface area (Å²) in [4.78, 5) is 40.7. The van der Waals surface area contributed by atoms with Crippen LogP contribution in [0, 0.1) is 17.8 Å². The van der Waals surface area contributed by atoms with Crippen molar-refractivity contribution in [2.45, 2.75) is 91.1 Å². The van der Waals surface area contributed by atoms with Crippen molar-refractivity contribution in [3.05, 3.63) is 35.4 Å². The lowest BCUT2D eigenvalue weighted by Gasteiger charge is -2.37. The van der Waals surface area contributed by atoms with E-state index in [1.165, 1.54) is 4.90 Å². The van der Waals surface area contributed by atoms with Crippen LogP contribution < -0.4 is 10.6 Å². The number of alkyl carbamates (subject to hydrolysis) is 1. The van der Waals surface area contributed by atoms with E-state index in [-0.39, 0.29) is 25.4 Å². The molecule has 1 aromatic carbocycles. The van der Waals surface area contributed by atoms with Gasteiger partial charge < -0.3 is 25.4 Å². The number of aliphatic hydroxyl groups is 1. The molecular weight excluding hydrogens is 446 g/mol. The van der Waals surface area contributed by atoms with Gasteiger partial charge in [-0.05, 0) is 50.3 Å². The zero-order valence-electron chi connectivity index (χ0n) is 21.7. The fraction of sp³-hybridized carbons (Fsp3) is 0.593. The first-order valence-electron chi connectivity index (χ1n) is 12.1. The molecule has 0 aromatic heterocycles. The minimum Gasteiger partial charge on any atom is -0.444 e. The van der Waals surface area contributed by atoms with Crippen LogP contribution in [0.1, 0.15) is 71.9 Å². The van der Waals surface area contributed by atoms with E-state index < -0.39 is 41.2 Å². The Morgan fingerprint density at radius 3 is 2.37 bits per heavy atom. The predicted octanol–water partition coefficient (Wildman–Crippen LogP) is 2.97. The Morgan fingerprint density at radius 2 is 1.83 bits per heavy atom. The molecule has 1 aliphatic heterocycles. The molecular formula is C27H39N3O5. The Balaban J connectivity index is 2.19. The van der Waals surface area contributed by atoms with Gasteiger partial charge >= 0.3 is 6.09 Å². The number of amides is 3. The Kier molecular flexibility index (Phi) is 9.33. The van der Waals surface area contributed by atoms with E-state index in [0.29, 0.717) is 6.42 Å². The first-order valence-corrected chi connectivity index (χ1v) is 12.1. The number of terminal acetylenes is 1. The number of nitrogens with zero attached hydrogens (tertiary/aromatic N) is 1. The van der Waals surface area contributed by atoms with Gasteiger partial charge in [0.2, 0.25) is 11.8 Å². The van der Waals surface area contributed by atoms with Crippen LogP contribution in [0.2, 0.25) is 0 Å². The van der Waals surface area contributed by atoms with Crippen molar-refractivity contribution in [2.75, 3.05) is 6.54 Å². The van der Waals surface area contributed by atoms with Crippen LogP contribution in [0.3, 0.4) is 0 Å². The molecule has 3 N–H and O–H groups in total. The van der Waals surface area contributed by atoms with Gasteiger partial charge in [0.15, 0.2) is 0 Å². The van der Waals surface area contributed by atoms with Crippen molar-refractivity contribution in [3.8, 4) is 12.3 Å². The molecule has 0 aliphatic carbocycles. The normalized spacial score (nSPS) is 19.0. The van der Waals surface area contributed by atoms with E-state index in [1.54, 1.807) is 32.9 Å². The van der Waals surface area contributed by atoms with Gasteiger partial charge in [0.25, 0.3) is 0 Å². The molecule has 192 valence electrons. The molecule has 1 heterocycles. The van der Waals surface area contributed by atoms with E-state index in [0.717, 1.165) is 17.5 Å². The summed E-state index contributed by atoms with van der Waals surface area (Å²) >= 11 is 0. The second-order valence-electron chi connectivity index (χ2n) is 10.8. The summed E-state index contributed by atoms with van der Waals surface area (Å²) in [5.41, 5.74) is 0.282. The second-order valence-corrected chi connectivity index (χ2v) is 10.8. The van der Waals surface area contributed by atoms with Gasteiger partial charge in [-0.2, -0.15) is 0 Å². The molecule has 1 saturated heterocycles. The van der Waals surface area contributed by atoms with Gasteiger partial charge in [0.1, 0.15) is 17.7 Å². The third-order valence-electron chi connectivity index (χ3n) is 6.04. The Labute approximate surface area is 208 Å². The molecule has 35 heavy (non-hydrogen) atoms. The van der Waals surface area contributed by atoms with Gasteiger partial charge in [0, 0.05) is 25.1 Å². The summed E-state index contributed by atoms with van der Waals surface area (Å²) in [6.45, 7) is 11.3. The number of benzene rings is 1. The zero-order chi connectivity index (χ0) is 26.4. The summed E-state index contributed by atoms with van der Waals surface area (Å²) in [6.07, 6.45) is 5.45. The van der Waals surface area contributed by atoms with Gasteiger partial charge in [-0.3, -0.25) is 9.59 Å². The maximum atomic E-state index is 13.7. The van der Waals surface area contributed by atoms with Crippen molar-refractivity contribution in [2.24, 2.45) is 5.41 Å². The molecule has 0 saturated carbocycles. The SMILES string of the molecule is C#Cc1ccc(CNC(=O)[C@@H]2C[C@@H](O)CN2C(=O)[C@H](NC(=O)OC(C)(C)C)C(C)(C)CCC)cc1. The molecule has 0 radical (unpaired) electrons. The third-order valence-corrected chi connectivity index (χ3v) is 6.04. The number of hydrogen-bond donors (Lipinski definition) is 3. The van der Waals surface area contributed by atoms with E-state index in [2.05, 4.69) is 16.6 Å². The molecule has 0 bridgehead atoms. The lowest BCUT2D eigenvalue weighted by atomic mass is 9.79. The number of carbonyl (C=O) groups is 3. The van der Waals surface area contributed by atoms with Crippen LogP contribution >= 0.6 is 0 Å². The van der Waals surface area contributed by atoms with Crippen molar-refractivity contribution in [1.29, 1.82) is 0 Å². The molecule has 8 nitrogen and oxygen atoms in total. The highest BCUT2D eigenvalue weighted by molar-refractivity contribution is 5.92. The number of ether oxygens (including phenoxy) is 1. The Bertz CT molecular complexity index is 943. The monoisotopic (exact) mass is 485 g/mol. The van der Waals surface area contributed by atoms with E-state index in [9.17, 15) is 19.5 Å². The van der Waals surface area contributed by atoms with Gasteiger partial charge in [-0.1, -0.05) is 45.2 Å². The Hall–Kier alpha value is -3.05. The minimum absolute atomic E-state index is 0.0164. The molecule has 1 fully saturated rings. The number of likely N-dealkylation sites (tertiary alicyclic amines) is 1. The topological polar surface area (TPSA) is 108 Å². The average molecular weight is 486 g/mol. The molecule has 3 atom stereocenters. The number of hydrogen-bond acceptors (Lipinski definition) is 5. The highest BCUT2D eigenvalue weighted by Crippen LogP contribution is 2.31. The fourth-order valence-electron chi connectivity index (χ4n) is 4.30. The quantitative estimate of drug-likeness (QED) is 0.491. The number of β-amino-alcohol motifs (C(OH)–C–C–N with tert-alkyl or cyclic N) is 1. The largest absolute Gasteiger partial charge is 0.444 e. The number of aliphatic hydroxyl groups excluding tert-OH is 1. The highest BCUT2D eigenvalue weighted by atomic mass is 16.6. The summed E-state index contributed by atoms with van der Waals surface area (Å²) < 4.78 is 5.39. The summed E-state index contributed by atoms with van der Waals surface area (Å²) in [6, 6.07) is 5.47. The van der Waals surface area contributed by atoms with Crippen molar-refractivity contribution in [3.63, 3.8) is 0 Å².